The third-order valence-electron chi connectivity index (χ3n) is 3.27. The van der Waals surface area contributed by atoms with E-state index < -0.39 is 12.0 Å². The highest BCUT2D eigenvalue weighted by Gasteiger charge is 2.21. The summed E-state index contributed by atoms with van der Waals surface area (Å²) in [6, 6.07) is -0.792. The molecular formula is C14H26N2O4S. The van der Waals surface area contributed by atoms with Crippen molar-refractivity contribution < 1.29 is 19.4 Å². The van der Waals surface area contributed by atoms with Gasteiger partial charge in [0.25, 0.3) is 0 Å². The molecule has 0 spiro atoms. The second-order valence-electron chi connectivity index (χ2n) is 5.69. The zero-order chi connectivity index (χ0) is 15.7. The van der Waals surface area contributed by atoms with Crippen LogP contribution in [-0.2, 0) is 14.3 Å². The number of nitrogens with zero attached hydrogens (tertiary/aromatic N) is 1. The number of carbonyl (C=O) groups excluding carboxylic acids is 1. The predicted molar refractivity (Wildman–Crippen MR) is 83.6 cm³/mol. The fraction of sp³-hybridized carbons (Fsp3) is 0.857. The zero-order valence-corrected chi connectivity index (χ0v) is 13.6. The fourth-order valence-corrected chi connectivity index (χ4v) is 3.37. The number of nitrogens with one attached hydrogen (secondary N) is 1. The number of thioether (sulfide) groups is 1. The van der Waals surface area contributed by atoms with Gasteiger partial charge < -0.3 is 15.2 Å². The van der Waals surface area contributed by atoms with Crippen LogP contribution in [0.1, 0.15) is 20.3 Å². The molecule has 2 unspecified atom stereocenters. The molecule has 7 heteroatoms. The van der Waals surface area contributed by atoms with Gasteiger partial charge in [-0.25, -0.2) is 4.79 Å². The summed E-state index contributed by atoms with van der Waals surface area (Å²) < 4.78 is 5.74. The minimum absolute atomic E-state index is 0.213. The van der Waals surface area contributed by atoms with Crippen molar-refractivity contribution in [3.8, 4) is 0 Å². The Morgan fingerprint density at radius 1 is 1.57 bits per heavy atom. The molecule has 0 aromatic heterocycles. The second-order valence-corrected chi connectivity index (χ2v) is 6.83. The first-order chi connectivity index (χ1) is 10.0. The molecule has 0 saturated carbocycles. The maximum Gasteiger partial charge on any atom is 0.326 e. The van der Waals surface area contributed by atoms with Crippen LogP contribution in [0.2, 0.25) is 0 Å². The minimum atomic E-state index is -0.986. The Balaban J connectivity index is 2.19. The molecule has 1 heterocycles. The van der Waals surface area contributed by atoms with Gasteiger partial charge >= 0.3 is 5.97 Å². The Morgan fingerprint density at radius 3 is 2.95 bits per heavy atom. The van der Waals surface area contributed by atoms with Crippen LogP contribution in [0.5, 0.6) is 0 Å². The monoisotopic (exact) mass is 318 g/mol. The van der Waals surface area contributed by atoms with Gasteiger partial charge in [0.05, 0.1) is 12.7 Å². The average molecular weight is 318 g/mol. The molecule has 1 fully saturated rings. The lowest BCUT2D eigenvalue weighted by atomic mass is 10.2. The highest BCUT2D eigenvalue weighted by Crippen LogP contribution is 2.14. The maximum absolute atomic E-state index is 10.9. The van der Waals surface area contributed by atoms with Gasteiger partial charge in [-0.3, -0.25) is 9.69 Å². The van der Waals surface area contributed by atoms with Crippen molar-refractivity contribution in [2.24, 2.45) is 5.92 Å². The molecule has 1 aliphatic heterocycles. The summed E-state index contributed by atoms with van der Waals surface area (Å²) in [4.78, 5) is 23.6. The van der Waals surface area contributed by atoms with Crippen molar-refractivity contribution in [1.29, 1.82) is 0 Å². The molecule has 2 N–H and O–H groups in total. The van der Waals surface area contributed by atoms with Gasteiger partial charge in [-0.1, -0.05) is 13.8 Å². The molecule has 1 amide bonds. The van der Waals surface area contributed by atoms with Crippen LogP contribution in [0.3, 0.4) is 0 Å². The van der Waals surface area contributed by atoms with Crippen molar-refractivity contribution in [1.82, 2.24) is 10.2 Å². The molecule has 1 aliphatic rings. The first-order valence-electron chi connectivity index (χ1n) is 7.37. The Kier molecular flexibility index (Phi) is 8.72. The molecule has 0 aromatic rings. The highest BCUT2D eigenvalue weighted by molar-refractivity contribution is 7.99. The van der Waals surface area contributed by atoms with Crippen molar-refractivity contribution in [2.75, 3.05) is 37.7 Å². The number of aliphatic carboxylic acids is 1. The molecule has 0 aromatic carbocycles. The smallest absolute Gasteiger partial charge is 0.326 e. The molecule has 1 saturated heterocycles. The van der Waals surface area contributed by atoms with Crippen LogP contribution in [0.25, 0.3) is 0 Å². The zero-order valence-electron chi connectivity index (χ0n) is 12.8. The third-order valence-corrected chi connectivity index (χ3v) is 4.40. The van der Waals surface area contributed by atoms with Crippen LogP contribution in [-0.4, -0.2) is 72.3 Å². The number of hydrogen-bond acceptors (Lipinski definition) is 5. The van der Waals surface area contributed by atoms with Crippen LogP contribution in [0.15, 0.2) is 0 Å². The summed E-state index contributed by atoms with van der Waals surface area (Å²) in [5.74, 6) is 1.23. The van der Waals surface area contributed by atoms with E-state index in [1.165, 1.54) is 0 Å². The van der Waals surface area contributed by atoms with E-state index >= 15 is 0 Å². The normalized spacial score (nSPS) is 21.2. The first-order valence-corrected chi connectivity index (χ1v) is 8.52. The number of carboxylic acid groups (broad SMARTS) is 1. The second kappa shape index (κ2) is 10.0. The van der Waals surface area contributed by atoms with Gasteiger partial charge in [0.1, 0.15) is 6.04 Å². The van der Waals surface area contributed by atoms with Crippen LogP contribution in [0.4, 0.5) is 0 Å². The quantitative estimate of drug-likeness (QED) is 0.455. The van der Waals surface area contributed by atoms with Crippen molar-refractivity contribution in [3.05, 3.63) is 0 Å². The summed E-state index contributed by atoms with van der Waals surface area (Å²) in [5.41, 5.74) is 0. The SMILES string of the molecule is CC(C)CN1CCOC(CSCCC(NC=O)C(=O)O)C1. The third kappa shape index (κ3) is 7.68. The van der Waals surface area contributed by atoms with Crippen molar-refractivity contribution in [2.45, 2.75) is 32.4 Å². The Hall–Kier alpha value is -0.790. The number of carbonyl (C=O) groups is 2. The number of hydrogen-bond donors (Lipinski definition) is 2. The van der Waals surface area contributed by atoms with Crippen LogP contribution < -0.4 is 5.32 Å². The number of amides is 1. The van der Waals surface area contributed by atoms with Gasteiger partial charge in [-0.15, -0.1) is 0 Å². The molecule has 21 heavy (non-hydrogen) atoms. The number of carboxylic acids is 1. The lowest BCUT2D eigenvalue weighted by Gasteiger charge is -2.33. The van der Waals surface area contributed by atoms with E-state index in [0.29, 0.717) is 24.5 Å². The summed E-state index contributed by atoms with van der Waals surface area (Å²) in [6.45, 7) is 8.22. The van der Waals surface area contributed by atoms with E-state index in [9.17, 15) is 9.59 Å². The van der Waals surface area contributed by atoms with Crippen molar-refractivity contribution in [3.63, 3.8) is 0 Å². The predicted octanol–water partition coefficient (Wildman–Crippen LogP) is 0.666. The molecule has 6 nitrogen and oxygen atoms in total. The lowest BCUT2D eigenvalue weighted by molar-refractivity contribution is -0.140. The maximum atomic E-state index is 10.9. The summed E-state index contributed by atoms with van der Waals surface area (Å²) >= 11 is 1.68. The Morgan fingerprint density at radius 2 is 2.33 bits per heavy atom. The first kappa shape index (κ1) is 18.3. The molecule has 1 rings (SSSR count). The van der Waals surface area contributed by atoms with Crippen LogP contribution >= 0.6 is 11.8 Å². The average Bonchev–Trinajstić information content (AvgIpc) is 2.41. The number of ether oxygens (including phenoxy) is 1. The summed E-state index contributed by atoms with van der Waals surface area (Å²) in [6.07, 6.45) is 1.09. The van der Waals surface area contributed by atoms with E-state index in [-0.39, 0.29) is 6.10 Å². The van der Waals surface area contributed by atoms with E-state index in [0.717, 1.165) is 32.0 Å². The largest absolute Gasteiger partial charge is 0.480 e. The van der Waals surface area contributed by atoms with Gasteiger partial charge in [0.2, 0.25) is 6.41 Å². The van der Waals surface area contributed by atoms with E-state index in [1.807, 2.05) is 0 Å². The number of rotatable bonds is 10. The van der Waals surface area contributed by atoms with Gasteiger partial charge in [-0.2, -0.15) is 11.8 Å². The molecule has 122 valence electrons. The summed E-state index contributed by atoms with van der Waals surface area (Å²) in [7, 11) is 0. The molecule has 0 aliphatic carbocycles. The molecule has 0 bridgehead atoms. The van der Waals surface area contributed by atoms with Gasteiger partial charge in [0.15, 0.2) is 0 Å². The molecule has 0 radical (unpaired) electrons. The Labute approximate surface area is 130 Å². The standard InChI is InChI=1S/C14H26N2O4S/c1-11(2)7-16-4-5-20-12(8-16)9-21-6-3-13(14(18)19)15-10-17/h10-13H,3-9H2,1-2H3,(H,15,17)(H,18,19). The van der Waals surface area contributed by atoms with E-state index in [2.05, 4.69) is 24.1 Å². The number of morpholine rings is 1. The summed E-state index contributed by atoms with van der Waals surface area (Å²) in [5, 5.41) is 11.2. The van der Waals surface area contributed by atoms with Gasteiger partial charge in [0, 0.05) is 25.4 Å². The topological polar surface area (TPSA) is 78.9 Å². The lowest BCUT2D eigenvalue weighted by Crippen LogP contribution is -2.45. The van der Waals surface area contributed by atoms with Gasteiger partial charge in [-0.05, 0) is 18.1 Å². The minimum Gasteiger partial charge on any atom is -0.480 e. The molecule has 2 atom stereocenters. The van der Waals surface area contributed by atoms with Crippen molar-refractivity contribution >= 4 is 24.1 Å². The molecular weight excluding hydrogens is 292 g/mol. The Bertz CT molecular complexity index is 328. The van der Waals surface area contributed by atoms with E-state index in [1.54, 1.807) is 11.8 Å². The highest BCUT2D eigenvalue weighted by atomic mass is 32.2. The van der Waals surface area contributed by atoms with Crippen LogP contribution in [0, 0.1) is 5.92 Å². The fourth-order valence-electron chi connectivity index (χ4n) is 2.34. The van der Waals surface area contributed by atoms with E-state index in [4.69, 9.17) is 9.84 Å².